The summed E-state index contributed by atoms with van der Waals surface area (Å²) in [5.74, 6) is 1.03. The number of methoxy groups -OCH3 is 1. The largest absolute Gasteiger partial charge is 0.497 e. The maximum absolute atomic E-state index is 12.0. The van der Waals surface area contributed by atoms with Crippen molar-refractivity contribution in [3.05, 3.63) is 65.8 Å². The van der Waals surface area contributed by atoms with Gasteiger partial charge >= 0.3 is 0 Å². The van der Waals surface area contributed by atoms with Crippen LogP contribution in [0.15, 0.2) is 58.9 Å². The van der Waals surface area contributed by atoms with E-state index in [-0.39, 0.29) is 5.57 Å². The number of benzene rings is 1. The van der Waals surface area contributed by atoms with Gasteiger partial charge in [0.1, 0.15) is 23.2 Å². The minimum Gasteiger partial charge on any atom is -0.497 e. The van der Waals surface area contributed by atoms with Crippen LogP contribution in [0, 0.1) is 11.3 Å². The molecule has 0 aliphatic heterocycles. The van der Waals surface area contributed by atoms with E-state index in [1.54, 1.807) is 25.5 Å². The molecule has 6 nitrogen and oxygen atoms in total. The van der Waals surface area contributed by atoms with E-state index in [1.165, 1.54) is 6.20 Å². The molecular formula is C17H17N3O3. The highest BCUT2D eigenvalue weighted by atomic mass is 16.5. The molecule has 2 aromatic rings. The summed E-state index contributed by atoms with van der Waals surface area (Å²) < 4.78 is 10.2. The summed E-state index contributed by atoms with van der Waals surface area (Å²) in [7, 11) is 1.59. The third-order valence-corrected chi connectivity index (χ3v) is 3.08. The fraction of sp³-hybridized carbons (Fsp3) is 0.176. The molecule has 23 heavy (non-hydrogen) atoms. The van der Waals surface area contributed by atoms with Crippen molar-refractivity contribution < 1.29 is 13.9 Å². The summed E-state index contributed by atoms with van der Waals surface area (Å²) in [5, 5.41) is 14.6. The highest BCUT2D eigenvalue weighted by Crippen LogP contribution is 2.11. The molecule has 0 bridgehead atoms. The fourth-order valence-corrected chi connectivity index (χ4v) is 1.84. The van der Waals surface area contributed by atoms with Crippen LogP contribution >= 0.6 is 0 Å². The van der Waals surface area contributed by atoms with Crippen molar-refractivity contribution in [3.63, 3.8) is 0 Å². The monoisotopic (exact) mass is 311 g/mol. The Hall–Kier alpha value is -3.20. The lowest BCUT2D eigenvalue weighted by atomic mass is 10.2. The number of rotatable bonds is 7. The zero-order chi connectivity index (χ0) is 16.5. The Labute approximate surface area is 134 Å². The van der Waals surface area contributed by atoms with Crippen molar-refractivity contribution in [3.8, 4) is 11.8 Å². The maximum atomic E-state index is 12.0. The van der Waals surface area contributed by atoms with Gasteiger partial charge in [0.15, 0.2) is 0 Å². The number of amides is 1. The lowest BCUT2D eigenvalue weighted by Crippen LogP contribution is -2.25. The van der Waals surface area contributed by atoms with Gasteiger partial charge in [0.05, 0.1) is 19.9 Å². The first kappa shape index (κ1) is 16.2. The highest BCUT2D eigenvalue weighted by molar-refractivity contribution is 5.97. The minimum atomic E-state index is -0.435. The lowest BCUT2D eigenvalue weighted by molar-refractivity contribution is -0.117. The predicted molar refractivity (Wildman–Crippen MR) is 84.1 cm³/mol. The molecule has 0 unspecified atom stereocenters. The van der Waals surface area contributed by atoms with Crippen molar-refractivity contribution >= 4 is 5.91 Å². The molecule has 2 N–H and O–H groups in total. The van der Waals surface area contributed by atoms with E-state index in [4.69, 9.17) is 14.4 Å². The van der Waals surface area contributed by atoms with E-state index in [2.05, 4.69) is 10.6 Å². The molecule has 1 aromatic heterocycles. The first-order valence-corrected chi connectivity index (χ1v) is 7.00. The summed E-state index contributed by atoms with van der Waals surface area (Å²) in [6, 6.07) is 12.8. The number of carbonyl (C=O) groups excluding carboxylic acids is 1. The Bertz CT molecular complexity index is 698. The Morgan fingerprint density at radius 2 is 2.09 bits per heavy atom. The van der Waals surface area contributed by atoms with Gasteiger partial charge in [-0.2, -0.15) is 5.26 Å². The zero-order valence-corrected chi connectivity index (χ0v) is 12.7. The SMILES string of the molecule is COc1ccc(CNC(=O)/C(C#N)=C\NCc2ccco2)cc1. The topological polar surface area (TPSA) is 87.3 Å². The molecule has 0 aliphatic carbocycles. The third-order valence-electron chi connectivity index (χ3n) is 3.08. The van der Waals surface area contributed by atoms with Crippen LogP contribution in [0.5, 0.6) is 5.75 Å². The average Bonchev–Trinajstić information content (AvgIpc) is 3.10. The van der Waals surface area contributed by atoms with Gasteiger partial charge in [-0.05, 0) is 29.8 Å². The van der Waals surface area contributed by atoms with Crippen molar-refractivity contribution in [1.82, 2.24) is 10.6 Å². The second kappa shape index (κ2) is 8.29. The molecule has 6 heteroatoms. The third kappa shape index (κ3) is 4.93. The van der Waals surface area contributed by atoms with Crippen LogP contribution in [0.3, 0.4) is 0 Å². The standard InChI is InChI=1S/C17H17N3O3/c1-22-15-6-4-13(5-7-15)10-20-17(21)14(9-18)11-19-12-16-3-2-8-23-16/h2-8,11,19H,10,12H2,1H3,(H,20,21)/b14-11-. The number of nitriles is 1. The molecular weight excluding hydrogens is 294 g/mol. The quantitative estimate of drug-likeness (QED) is 0.604. The zero-order valence-electron chi connectivity index (χ0n) is 12.7. The van der Waals surface area contributed by atoms with Gasteiger partial charge in [-0.15, -0.1) is 0 Å². The van der Waals surface area contributed by atoms with Gasteiger partial charge in [-0.1, -0.05) is 12.1 Å². The molecule has 118 valence electrons. The second-order valence-electron chi connectivity index (χ2n) is 4.66. The summed E-state index contributed by atoms with van der Waals surface area (Å²) in [5.41, 5.74) is 0.921. The molecule has 0 atom stereocenters. The molecule has 0 saturated heterocycles. The molecule has 1 aromatic carbocycles. The summed E-state index contributed by atoms with van der Waals surface area (Å²) in [6.07, 6.45) is 2.94. The van der Waals surface area contributed by atoms with Gasteiger partial charge in [0, 0.05) is 12.7 Å². The summed E-state index contributed by atoms with van der Waals surface area (Å²) in [4.78, 5) is 12.0. The van der Waals surface area contributed by atoms with Gasteiger partial charge in [0.2, 0.25) is 0 Å². The van der Waals surface area contributed by atoms with Crippen LogP contribution < -0.4 is 15.4 Å². The molecule has 0 spiro atoms. The highest BCUT2D eigenvalue weighted by Gasteiger charge is 2.08. The molecule has 2 rings (SSSR count). The molecule has 0 radical (unpaired) electrons. The second-order valence-corrected chi connectivity index (χ2v) is 4.66. The van der Waals surface area contributed by atoms with E-state index in [1.807, 2.05) is 30.3 Å². The number of nitrogens with one attached hydrogen (secondary N) is 2. The van der Waals surface area contributed by atoms with Gasteiger partial charge < -0.3 is 19.8 Å². The van der Waals surface area contributed by atoms with Gasteiger partial charge in [-0.25, -0.2) is 0 Å². The van der Waals surface area contributed by atoms with E-state index in [0.717, 1.165) is 17.1 Å². The molecule has 1 amide bonds. The van der Waals surface area contributed by atoms with E-state index >= 15 is 0 Å². The number of hydrogen-bond acceptors (Lipinski definition) is 5. The van der Waals surface area contributed by atoms with Crippen LogP contribution in [0.25, 0.3) is 0 Å². The lowest BCUT2D eigenvalue weighted by Gasteiger charge is -2.06. The minimum absolute atomic E-state index is 0.00469. The van der Waals surface area contributed by atoms with Crippen molar-refractivity contribution in [1.29, 1.82) is 5.26 Å². The number of carbonyl (C=O) groups is 1. The summed E-state index contributed by atoms with van der Waals surface area (Å²) in [6.45, 7) is 0.740. The van der Waals surface area contributed by atoms with Gasteiger partial charge in [0.25, 0.3) is 5.91 Å². The number of furan rings is 1. The van der Waals surface area contributed by atoms with Crippen LogP contribution in [0.4, 0.5) is 0 Å². The number of nitrogens with zero attached hydrogens (tertiary/aromatic N) is 1. The maximum Gasteiger partial charge on any atom is 0.263 e. The smallest absolute Gasteiger partial charge is 0.263 e. The first-order valence-electron chi connectivity index (χ1n) is 7.00. The Morgan fingerprint density at radius 1 is 1.30 bits per heavy atom. The molecule has 0 fully saturated rings. The van der Waals surface area contributed by atoms with Crippen LogP contribution in [0.2, 0.25) is 0 Å². The van der Waals surface area contributed by atoms with Crippen LogP contribution in [-0.2, 0) is 17.9 Å². The Balaban J connectivity index is 1.85. The van der Waals surface area contributed by atoms with Crippen LogP contribution in [-0.4, -0.2) is 13.0 Å². The Morgan fingerprint density at radius 3 is 2.70 bits per heavy atom. The summed E-state index contributed by atoms with van der Waals surface area (Å²) >= 11 is 0. The predicted octanol–water partition coefficient (Wildman–Crippen LogP) is 2.10. The molecule has 1 heterocycles. The van der Waals surface area contributed by atoms with E-state index in [0.29, 0.717) is 13.1 Å². The Kier molecular flexibility index (Phi) is 5.83. The number of hydrogen-bond donors (Lipinski definition) is 2. The van der Waals surface area contributed by atoms with Crippen LogP contribution in [0.1, 0.15) is 11.3 Å². The average molecular weight is 311 g/mol. The normalized spacial score (nSPS) is 10.7. The number of ether oxygens (including phenoxy) is 1. The van der Waals surface area contributed by atoms with Crippen molar-refractivity contribution in [2.75, 3.05) is 7.11 Å². The molecule has 0 aliphatic rings. The first-order chi connectivity index (χ1) is 11.2. The molecule has 0 saturated carbocycles. The van der Waals surface area contributed by atoms with E-state index in [9.17, 15) is 4.79 Å². The van der Waals surface area contributed by atoms with Gasteiger partial charge in [-0.3, -0.25) is 4.79 Å². The fourth-order valence-electron chi connectivity index (χ4n) is 1.84. The van der Waals surface area contributed by atoms with Crippen molar-refractivity contribution in [2.45, 2.75) is 13.1 Å². The van der Waals surface area contributed by atoms with Crippen molar-refractivity contribution in [2.24, 2.45) is 0 Å². The van der Waals surface area contributed by atoms with E-state index < -0.39 is 5.91 Å².